The highest BCUT2D eigenvalue weighted by Gasteiger charge is 2.32. The van der Waals surface area contributed by atoms with Crippen LogP contribution in [0, 0.1) is 0 Å². The maximum atomic E-state index is 13.2. The van der Waals surface area contributed by atoms with Crippen LogP contribution in [-0.2, 0) is 6.54 Å². The Balaban J connectivity index is 1.58. The van der Waals surface area contributed by atoms with Gasteiger partial charge in [0.25, 0.3) is 5.91 Å². The number of fused-ring (bicyclic) bond motifs is 3. The predicted octanol–water partition coefficient (Wildman–Crippen LogP) is 2.46. The molecule has 0 bridgehead atoms. The number of hydrogen-bond acceptors (Lipinski definition) is 9. The molecule has 11 nitrogen and oxygen atoms in total. The third-order valence-electron chi connectivity index (χ3n) is 6.31. The number of ether oxygens (including phenoxy) is 1. The Hall–Kier alpha value is -4.17. The normalized spacial score (nSPS) is 14.8. The zero-order valence-corrected chi connectivity index (χ0v) is 20.4. The monoisotopic (exact) mass is 530 g/mol. The van der Waals surface area contributed by atoms with Crippen LogP contribution in [0.2, 0.25) is 0 Å². The van der Waals surface area contributed by atoms with E-state index in [0.717, 1.165) is 31.9 Å². The van der Waals surface area contributed by atoms with Gasteiger partial charge in [-0.25, -0.2) is 9.97 Å². The molecule has 1 saturated heterocycles. The van der Waals surface area contributed by atoms with Crippen molar-refractivity contribution < 1.29 is 27.8 Å². The Kier molecular flexibility index (Phi) is 6.67. The van der Waals surface area contributed by atoms with Crippen molar-refractivity contribution >= 4 is 45.0 Å². The first kappa shape index (κ1) is 25.5. The van der Waals surface area contributed by atoms with Gasteiger partial charge in [-0.3, -0.25) is 9.48 Å². The molecule has 0 aliphatic carbocycles. The van der Waals surface area contributed by atoms with Crippen molar-refractivity contribution in [3.8, 4) is 5.75 Å². The second kappa shape index (κ2) is 9.95. The number of aliphatic hydroxyl groups excluding tert-OH is 1. The second-order valence-corrected chi connectivity index (χ2v) is 8.90. The average Bonchev–Trinajstić information content (AvgIpc) is 3.24. The number of aromatic nitrogens is 4. The summed E-state index contributed by atoms with van der Waals surface area (Å²) >= 11 is 0. The standard InChI is InChI=1S/C24H25F3N8O3/c1-33-6-8-34(9-7-33)15-3-5-18(38-24(25,26)27)17(12-15)30-23-29-13-14-2-4-16-20(22(28)37)32-35(10-11-36)21(16)19(14)31-23/h2-5,12-13,36H,6-11H2,1H3,(H2,28,37)(H,29,30,31). The number of alkyl halides is 3. The molecule has 0 saturated carbocycles. The lowest BCUT2D eigenvalue weighted by molar-refractivity contribution is -0.274. The highest BCUT2D eigenvalue weighted by molar-refractivity contribution is 6.11. The van der Waals surface area contributed by atoms with E-state index < -0.39 is 18.0 Å². The van der Waals surface area contributed by atoms with Crippen LogP contribution in [0.3, 0.4) is 0 Å². The number of benzene rings is 2. The number of primary amides is 1. The molecule has 3 heterocycles. The molecule has 200 valence electrons. The Morgan fingerprint density at radius 3 is 2.63 bits per heavy atom. The summed E-state index contributed by atoms with van der Waals surface area (Å²) < 4.78 is 45.2. The first-order valence-corrected chi connectivity index (χ1v) is 11.8. The van der Waals surface area contributed by atoms with Crippen molar-refractivity contribution in [1.29, 1.82) is 0 Å². The van der Waals surface area contributed by atoms with E-state index >= 15 is 0 Å². The molecule has 14 heteroatoms. The lowest BCUT2D eigenvalue weighted by Crippen LogP contribution is -2.44. The molecule has 1 aliphatic rings. The number of rotatable bonds is 7. The second-order valence-electron chi connectivity index (χ2n) is 8.90. The minimum atomic E-state index is -4.90. The number of hydrogen-bond donors (Lipinski definition) is 3. The number of halogens is 3. The fourth-order valence-electron chi connectivity index (χ4n) is 4.47. The van der Waals surface area contributed by atoms with Crippen LogP contribution >= 0.6 is 0 Å². The van der Waals surface area contributed by atoms with Gasteiger partial charge in [-0.1, -0.05) is 6.07 Å². The van der Waals surface area contributed by atoms with E-state index in [-0.39, 0.29) is 30.5 Å². The first-order valence-electron chi connectivity index (χ1n) is 11.8. The molecule has 1 amide bonds. The number of anilines is 3. The molecule has 4 aromatic rings. The Morgan fingerprint density at radius 1 is 1.18 bits per heavy atom. The van der Waals surface area contributed by atoms with E-state index in [2.05, 4.69) is 34.9 Å². The molecule has 4 N–H and O–H groups in total. The number of aliphatic hydroxyl groups is 1. The Bertz CT molecular complexity index is 1500. The van der Waals surface area contributed by atoms with Crippen molar-refractivity contribution in [3.63, 3.8) is 0 Å². The summed E-state index contributed by atoms with van der Waals surface area (Å²) in [5.74, 6) is -1.17. The smallest absolute Gasteiger partial charge is 0.404 e. The fourth-order valence-corrected chi connectivity index (χ4v) is 4.47. The Morgan fingerprint density at radius 2 is 1.95 bits per heavy atom. The van der Waals surface area contributed by atoms with Crippen molar-refractivity contribution in [1.82, 2.24) is 24.6 Å². The van der Waals surface area contributed by atoms with E-state index in [4.69, 9.17) is 5.73 Å². The number of nitrogens with one attached hydrogen (secondary N) is 1. The molecular weight excluding hydrogens is 505 g/mol. The van der Waals surface area contributed by atoms with E-state index in [1.807, 2.05) is 7.05 Å². The van der Waals surface area contributed by atoms with Crippen molar-refractivity contribution in [2.24, 2.45) is 5.73 Å². The molecule has 1 fully saturated rings. The summed E-state index contributed by atoms with van der Waals surface area (Å²) in [6.45, 7) is 2.91. The number of carbonyl (C=O) groups is 1. The third-order valence-corrected chi connectivity index (χ3v) is 6.31. The molecule has 0 unspecified atom stereocenters. The van der Waals surface area contributed by atoms with Crippen LogP contribution in [0.25, 0.3) is 21.8 Å². The van der Waals surface area contributed by atoms with Gasteiger partial charge in [0.05, 0.1) is 24.4 Å². The zero-order valence-electron chi connectivity index (χ0n) is 20.4. The molecule has 0 atom stereocenters. The topological polar surface area (TPSA) is 135 Å². The van der Waals surface area contributed by atoms with Gasteiger partial charge in [-0.2, -0.15) is 5.10 Å². The average molecular weight is 531 g/mol. The summed E-state index contributed by atoms with van der Waals surface area (Å²) in [4.78, 5) is 25.0. The molecule has 5 rings (SSSR count). The van der Waals surface area contributed by atoms with Crippen LogP contribution in [0.15, 0.2) is 36.5 Å². The summed E-state index contributed by atoms with van der Waals surface area (Å²) in [5.41, 5.74) is 7.08. The van der Waals surface area contributed by atoms with Gasteiger partial charge in [0.1, 0.15) is 5.52 Å². The third kappa shape index (κ3) is 5.13. The number of nitrogens with zero attached hydrogens (tertiary/aromatic N) is 6. The van der Waals surface area contributed by atoms with Crippen LogP contribution in [0.1, 0.15) is 10.5 Å². The van der Waals surface area contributed by atoms with Crippen molar-refractivity contribution in [2.45, 2.75) is 12.9 Å². The molecule has 2 aromatic carbocycles. The summed E-state index contributed by atoms with van der Waals surface area (Å²) in [6.07, 6.45) is -3.40. The number of piperazine rings is 1. The van der Waals surface area contributed by atoms with Crippen molar-refractivity contribution in [2.75, 3.05) is 50.1 Å². The molecule has 2 aromatic heterocycles. The summed E-state index contributed by atoms with van der Waals surface area (Å²) in [6, 6.07) is 7.76. The van der Waals surface area contributed by atoms with Crippen molar-refractivity contribution in [3.05, 3.63) is 42.2 Å². The van der Waals surface area contributed by atoms with Crippen LogP contribution in [0.5, 0.6) is 5.75 Å². The molecule has 1 aliphatic heterocycles. The molecular formula is C24H25F3N8O3. The van der Waals surface area contributed by atoms with Crippen LogP contribution in [-0.4, -0.2) is 81.9 Å². The molecule has 0 radical (unpaired) electrons. The largest absolute Gasteiger partial charge is 0.573 e. The fraction of sp³-hybridized carbons (Fsp3) is 0.333. The lowest BCUT2D eigenvalue weighted by atomic mass is 10.1. The number of nitrogens with two attached hydrogens (primary N) is 1. The zero-order chi connectivity index (χ0) is 27.0. The van der Waals surface area contributed by atoms with Crippen LogP contribution in [0.4, 0.5) is 30.5 Å². The maximum Gasteiger partial charge on any atom is 0.573 e. The van der Waals surface area contributed by atoms with Gasteiger partial charge in [0, 0.05) is 48.8 Å². The predicted molar refractivity (Wildman–Crippen MR) is 135 cm³/mol. The van der Waals surface area contributed by atoms with Gasteiger partial charge < -0.3 is 30.7 Å². The van der Waals surface area contributed by atoms with E-state index in [0.29, 0.717) is 21.8 Å². The maximum absolute atomic E-state index is 13.2. The van der Waals surface area contributed by atoms with Gasteiger partial charge in [-0.05, 0) is 31.3 Å². The summed E-state index contributed by atoms with van der Waals surface area (Å²) in [7, 11) is 2.01. The summed E-state index contributed by atoms with van der Waals surface area (Å²) in [5, 5.41) is 17.6. The number of amides is 1. The quantitative estimate of drug-likeness (QED) is 0.329. The SMILES string of the molecule is CN1CCN(c2ccc(OC(F)(F)F)c(Nc3ncc4ccc5c(C(N)=O)nn(CCO)c5c4n3)c2)CC1. The van der Waals surface area contributed by atoms with E-state index in [9.17, 15) is 23.1 Å². The number of carbonyl (C=O) groups excluding carboxylic acids is 1. The first-order chi connectivity index (χ1) is 18.1. The lowest BCUT2D eigenvalue weighted by Gasteiger charge is -2.34. The Labute approximate surface area is 214 Å². The van der Waals surface area contributed by atoms with Gasteiger partial charge in [0.2, 0.25) is 5.95 Å². The highest BCUT2D eigenvalue weighted by atomic mass is 19.4. The minimum Gasteiger partial charge on any atom is -0.404 e. The van der Waals surface area contributed by atoms with Gasteiger partial charge in [-0.15, -0.1) is 13.2 Å². The van der Waals surface area contributed by atoms with Gasteiger partial charge >= 0.3 is 6.36 Å². The molecule has 38 heavy (non-hydrogen) atoms. The van der Waals surface area contributed by atoms with E-state index in [1.165, 1.54) is 16.9 Å². The highest BCUT2D eigenvalue weighted by Crippen LogP contribution is 2.36. The minimum absolute atomic E-state index is 0.00456. The number of likely N-dealkylation sites (N-methyl/N-ethyl adjacent to an activating group) is 1. The van der Waals surface area contributed by atoms with Gasteiger partial charge in [0.15, 0.2) is 11.4 Å². The van der Waals surface area contributed by atoms with Crippen LogP contribution < -0.4 is 20.7 Å². The molecule has 0 spiro atoms. The van der Waals surface area contributed by atoms with E-state index in [1.54, 1.807) is 24.3 Å².